The molecule has 0 spiro atoms. The van der Waals surface area contributed by atoms with Gasteiger partial charge in [-0.1, -0.05) is 6.07 Å². The quantitative estimate of drug-likeness (QED) is 0.558. The number of rotatable bonds is 3. The number of nitrogens with one attached hydrogen (secondary N) is 2. The van der Waals surface area contributed by atoms with Crippen LogP contribution in [-0.2, 0) is 0 Å². The summed E-state index contributed by atoms with van der Waals surface area (Å²) in [4.78, 5) is 7.83. The zero-order valence-electron chi connectivity index (χ0n) is 9.24. The molecule has 4 N–H and O–H groups in total. The van der Waals surface area contributed by atoms with E-state index < -0.39 is 0 Å². The maximum absolute atomic E-state index is 13.5. The van der Waals surface area contributed by atoms with Crippen LogP contribution in [0.15, 0.2) is 30.6 Å². The second kappa shape index (κ2) is 4.75. The van der Waals surface area contributed by atoms with Gasteiger partial charge in [-0.25, -0.2) is 20.2 Å². The van der Waals surface area contributed by atoms with Crippen LogP contribution in [0.3, 0.4) is 0 Å². The molecule has 88 valence electrons. The summed E-state index contributed by atoms with van der Waals surface area (Å²) in [7, 11) is 0. The van der Waals surface area contributed by atoms with E-state index >= 15 is 0 Å². The van der Waals surface area contributed by atoms with Crippen LogP contribution in [0.1, 0.15) is 5.56 Å². The molecule has 0 aliphatic heterocycles. The molecule has 0 aliphatic carbocycles. The second-order valence-electron chi connectivity index (χ2n) is 3.54. The molecule has 0 atom stereocenters. The molecule has 0 saturated heterocycles. The molecule has 0 saturated carbocycles. The van der Waals surface area contributed by atoms with Crippen molar-refractivity contribution in [3.8, 4) is 0 Å². The minimum absolute atomic E-state index is 0.337. The van der Waals surface area contributed by atoms with Crippen LogP contribution in [-0.4, -0.2) is 9.97 Å². The molecule has 1 aromatic carbocycles. The maximum Gasteiger partial charge on any atom is 0.146 e. The van der Waals surface area contributed by atoms with Crippen molar-refractivity contribution in [2.24, 2.45) is 5.84 Å². The van der Waals surface area contributed by atoms with Crippen molar-refractivity contribution < 1.29 is 4.39 Å². The van der Waals surface area contributed by atoms with E-state index in [1.54, 1.807) is 18.2 Å². The summed E-state index contributed by atoms with van der Waals surface area (Å²) < 4.78 is 13.5. The molecular formula is C11H12FN5. The van der Waals surface area contributed by atoms with Gasteiger partial charge < -0.3 is 10.7 Å². The number of aryl methyl sites for hydroxylation is 1. The molecule has 6 heteroatoms. The van der Waals surface area contributed by atoms with Gasteiger partial charge >= 0.3 is 0 Å². The average molecular weight is 233 g/mol. The van der Waals surface area contributed by atoms with E-state index in [0.717, 1.165) is 5.56 Å². The third kappa shape index (κ3) is 2.67. The first-order valence-corrected chi connectivity index (χ1v) is 5.01. The second-order valence-corrected chi connectivity index (χ2v) is 3.54. The van der Waals surface area contributed by atoms with E-state index in [0.29, 0.717) is 17.3 Å². The van der Waals surface area contributed by atoms with Gasteiger partial charge in [-0.3, -0.25) is 0 Å². The summed E-state index contributed by atoms with van der Waals surface area (Å²) in [6, 6.07) is 6.39. The van der Waals surface area contributed by atoms with E-state index in [-0.39, 0.29) is 5.82 Å². The van der Waals surface area contributed by atoms with E-state index in [4.69, 9.17) is 5.84 Å². The highest BCUT2D eigenvalue weighted by Crippen LogP contribution is 2.20. The fourth-order valence-electron chi connectivity index (χ4n) is 1.38. The van der Waals surface area contributed by atoms with Crippen LogP contribution in [0.5, 0.6) is 0 Å². The number of nitrogens with zero attached hydrogens (tertiary/aromatic N) is 2. The van der Waals surface area contributed by atoms with Gasteiger partial charge in [-0.15, -0.1) is 0 Å². The Morgan fingerprint density at radius 2 is 1.94 bits per heavy atom. The summed E-state index contributed by atoms with van der Waals surface area (Å²) in [5.41, 5.74) is 3.72. The van der Waals surface area contributed by atoms with Gasteiger partial charge in [0.05, 0.1) is 5.69 Å². The van der Waals surface area contributed by atoms with E-state index in [1.807, 2.05) is 6.92 Å². The maximum atomic E-state index is 13.5. The van der Waals surface area contributed by atoms with Gasteiger partial charge in [0, 0.05) is 6.07 Å². The molecular weight excluding hydrogens is 221 g/mol. The Kier molecular flexibility index (Phi) is 3.15. The molecule has 0 aliphatic rings. The summed E-state index contributed by atoms with van der Waals surface area (Å²) in [6.07, 6.45) is 1.34. The number of aromatic nitrogens is 2. The molecule has 5 nitrogen and oxygen atoms in total. The number of hydrogen-bond donors (Lipinski definition) is 3. The van der Waals surface area contributed by atoms with Crippen LogP contribution >= 0.6 is 0 Å². The fraction of sp³-hybridized carbons (Fsp3) is 0.0909. The molecule has 1 aromatic heterocycles. The number of nitrogen functional groups attached to an aromatic ring is 1. The molecule has 1 heterocycles. The van der Waals surface area contributed by atoms with Crippen LogP contribution < -0.4 is 16.6 Å². The number of benzene rings is 1. The monoisotopic (exact) mass is 233 g/mol. The van der Waals surface area contributed by atoms with Crippen molar-refractivity contribution in [2.75, 3.05) is 10.7 Å². The van der Waals surface area contributed by atoms with E-state index in [9.17, 15) is 4.39 Å². The molecule has 2 aromatic rings. The number of hydrogen-bond acceptors (Lipinski definition) is 5. The first-order chi connectivity index (χ1) is 8.19. The van der Waals surface area contributed by atoms with Crippen molar-refractivity contribution in [1.29, 1.82) is 0 Å². The number of halogens is 1. The molecule has 2 rings (SSSR count). The molecule has 0 unspecified atom stereocenters. The lowest BCUT2D eigenvalue weighted by molar-refractivity contribution is 0.631. The minimum Gasteiger partial charge on any atom is -0.338 e. The van der Waals surface area contributed by atoms with Crippen molar-refractivity contribution in [3.63, 3.8) is 0 Å². The lowest BCUT2D eigenvalue weighted by Gasteiger charge is -2.08. The Hall–Kier alpha value is -2.21. The summed E-state index contributed by atoms with van der Waals surface area (Å²) in [5, 5.41) is 2.87. The van der Waals surface area contributed by atoms with Crippen molar-refractivity contribution in [3.05, 3.63) is 42.0 Å². The van der Waals surface area contributed by atoms with Gasteiger partial charge in [0.25, 0.3) is 0 Å². The van der Waals surface area contributed by atoms with Crippen LogP contribution in [0.25, 0.3) is 0 Å². The lowest BCUT2D eigenvalue weighted by Crippen LogP contribution is -2.09. The van der Waals surface area contributed by atoms with Crippen LogP contribution in [0.2, 0.25) is 0 Å². The number of anilines is 3. The smallest absolute Gasteiger partial charge is 0.146 e. The third-order valence-electron chi connectivity index (χ3n) is 2.20. The number of nitrogens with two attached hydrogens (primary N) is 1. The van der Waals surface area contributed by atoms with Crippen molar-refractivity contribution in [2.45, 2.75) is 6.92 Å². The Morgan fingerprint density at radius 1 is 1.18 bits per heavy atom. The van der Waals surface area contributed by atoms with Gasteiger partial charge in [-0.2, -0.15) is 0 Å². The van der Waals surface area contributed by atoms with Crippen LogP contribution in [0.4, 0.5) is 21.7 Å². The molecule has 0 fully saturated rings. The predicted octanol–water partition coefficient (Wildman–Crippen LogP) is 1.95. The minimum atomic E-state index is -0.337. The lowest BCUT2D eigenvalue weighted by atomic mass is 10.2. The molecule has 0 amide bonds. The van der Waals surface area contributed by atoms with E-state index in [2.05, 4.69) is 20.7 Å². The highest BCUT2D eigenvalue weighted by Gasteiger charge is 2.04. The number of hydrazine groups is 1. The topological polar surface area (TPSA) is 75.9 Å². The Morgan fingerprint density at radius 3 is 2.71 bits per heavy atom. The Bertz CT molecular complexity index is 529. The highest BCUT2D eigenvalue weighted by atomic mass is 19.1. The summed E-state index contributed by atoms with van der Waals surface area (Å²) in [5.74, 6) is 5.81. The fourth-order valence-corrected chi connectivity index (χ4v) is 1.38. The average Bonchev–Trinajstić information content (AvgIpc) is 2.34. The van der Waals surface area contributed by atoms with Gasteiger partial charge in [0.2, 0.25) is 0 Å². The first-order valence-electron chi connectivity index (χ1n) is 5.01. The normalized spacial score (nSPS) is 10.1. The largest absolute Gasteiger partial charge is 0.338 e. The standard InChI is InChI=1S/C11H12FN5/c1-7-2-3-8(12)9(4-7)16-10-5-11(17-13)15-6-14-10/h2-6H,13H2,1H3,(H2,14,15,16,17). The molecule has 0 radical (unpaired) electrons. The zero-order valence-corrected chi connectivity index (χ0v) is 9.24. The van der Waals surface area contributed by atoms with Gasteiger partial charge in [0.15, 0.2) is 0 Å². The highest BCUT2D eigenvalue weighted by molar-refractivity contribution is 5.59. The SMILES string of the molecule is Cc1ccc(F)c(Nc2cc(NN)ncn2)c1. The van der Waals surface area contributed by atoms with Crippen LogP contribution in [0, 0.1) is 12.7 Å². The van der Waals surface area contributed by atoms with Gasteiger partial charge in [-0.05, 0) is 24.6 Å². The first kappa shape index (κ1) is 11.3. The van der Waals surface area contributed by atoms with Gasteiger partial charge in [0.1, 0.15) is 23.8 Å². The molecule has 0 bridgehead atoms. The zero-order chi connectivity index (χ0) is 12.3. The predicted molar refractivity (Wildman–Crippen MR) is 64.3 cm³/mol. The molecule has 17 heavy (non-hydrogen) atoms. The Balaban J connectivity index is 2.27. The van der Waals surface area contributed by atoms with E-state index in [1.165, 1.54) is 12.4 Å². The summed E-state index contributed by atoms with van der Waals surface area (Å²) in [6.45, 7) is 1.89. The van der Waals surface area contributed by atoms with Crippen molar-refractivity contribution in [1.82, 2.24) is 9.97 Å². The Labute approximate surface area is 97.9 Å². The summed E-state index contributed by atoms with van der Waals surface area (Å²) >= 11 is 0. The third-order valence-corrected chi connectivity index (χ3v) is 2.20. The van der Waals surface area contributed by atoms with Crippen molar-refractivity contribution >= 4 is 17.3 Å².